The number of rotatable bonds is 5. The van der Waals surface area contributed by atoms with E-state index in [1.165, 1.54) is 12.7 Å². The summed E-state index contributed by atoms with van der Waals surface area (Å²) in [5, 5.41) is 16.2. The lowest BCUT2D eigenvalue weighted by Gasteiger charge is -2.28. The Morgan fingerprint density at radius 2 is 2.47 bits per heavy atom. The van der Waals surface area contributed by atoms with Crippen LogP contribution in [0.2, 0.25) is 0 Å². The Kier molecular flexibility index (Phi) is 2.44. The summed E-state index contributed by atoms with van der Waals surface area (Å²) in [5.74, 6) is -0.618. The van der Waals surface area contributed by atoms with E-state index < -0.39 is 11.5 Å². The second-order valence-corrected chi connectivity index (χ2v) is 3.89. The van der Waals surface area contributed by atoms with Crippen molar-refractivity contribution < 1.29 is 9.90 Å². The fraction of sp³-hybridized carbons (Fsp3) is 0.667. The molecule has 1 heterocycles. The Hall–Kier alpha value is -1.43. The maximum atomic E-state index is 11.3. The van der Waals surface area contributed by atoms with Gasteiger partial charge in [-0.1, -0.05) is 0 Å². The molecule has 1 atom stereocenters. The number of hydrogen-bond donors (Lipinski definition) is 2. The Balaban J connectivity index is 2.21. The zero-order valence-corrected chi connectivity index (χ0v) is 8.55. The smallest absolute Gasteiger partial charge is 0.326 e. The van der Waals surface area contributed by atoms with E-state index in [2.05, 4.69) is 15.4 Å². The topological polar surface area (TPSA) is 80.0 Å². The number of likely N-dealkylation sites (N-methyl/N-ethyl adjacent to an activating group) is 1. The highest BCUT2D eigenvalue weighted by Gasteiger charge is 2.50. The van der Waals surface area contributed by atoms with Gasteiger partial charge in [0.1, 0.15) is 18.2 Å². The van der Waals surface area contributed by atoms with E-state index >= 15 is 0 Å². The monoisotopic (exact) mass is 210 g/mol. The second kappa shape index (κ2) is 3.62. The van der Waals surface area contributed by atoms with Crippen LogP contribution in [0.15, 0.2) is 12.7 Å². The normalized spacial score (nSPS) is 19.8. The van der Waals surface area contributed by atoms with Gasteiger partial charge in [-0.25, -0.2) is 4.98 Å². The van der Waals surface area contributed by atoms with Crippen LogP contribution >= 0.6 is 0 Å². The molecular weight excluding hydrogens is 196 g/mol. The van der Waals surface area contributed by atoms with Gasteiger partial charge < -0.3 is 10.4 Å². The van der Waals surface area contributed by atoms with E-state index in [9.17, 15) is 9.90 Å². The molecule has 1 aliphatic carbocycles. The summed E-state index contributed by atoms with van der Waals surface area (Å²) in [6, 6.07) is 0. The number of aliphatic carboxylic acids is 1. The molecule has 2 rings (SSSR count). The predicted molar refractivity (Wildman–Crippen MR) is 52.2 cm³/mol. The third kappa shape index (κ3) is 1.72. The third-order valence-electron chi connectivity index (χ3n) is 2.98. The molecule has 0 bridgehead atoms. The summed E-state index contributed by atoms with van der Waals surface area (Å²) in [6.07, 6.45) is 4.87. The van der Waals surface area contributed by atoms with Crippen LogP contribution in [0, 0.1) is 5.92 Å². The molecule has 1 unspecified atom stereocenters. The van der Waals surface area contributed by atoms with Crippen molar-refractivity contribution in [2.45, 2.75) is 24.9 Å². The van der Waals surface area contributed by atoms with Crippen LogP contribution in [0.1, 0.15) is 12.8 Å². The zero-order valence-electron chi connectivity index (χ0n) is 8.55. The van der Waals surface area contributed by atoms with Crippen LogP contribution in [0.4, 0.5) is 0 Å². The second-order valence-electron chi connectivity index (χ2n) is 3.89. The van der Waals surface area contributed by atoms with Crippen LogP contribution < -0.4 is 5.32 Å². The lowest BCUT2D eigenvalue weighted by Crippen LogP contribution is -2.55. The van der Waals surface area contributed by atoms with Gasteiger partial charge in [0.25, 0.3) is 0 Å². The molecule has 0 aliphatic heterocycles. The van der Waals surface area contributed by atoms with Crippen molar-refractivity contribution in [3.8, 4) is 0 Å². The molecule has 0 spiro atoms. The Bertz CT molecular complexity index is 347. The quantitative estimate of drug-likeness (QED) is 0.699. The maximum Gasteiger partial charge on any atom is 0.326 e. The molecule has 0 aromatic carbocycles. The maximum absolute atomic E-state index is 11.3. The largest absolute Gasteiger partial charge is 0.480 e. The van der Waals surface area contributed by atoms with Crippen molar-refractivity contribution in [1.82, 2.24) is 20.1 Å². The number of nitrogens with zero attached hydrogens (tertiary/aromatic N) is 3. The van der Waals surface area contributed by atoms with E-state index in [0.29, 0.717) is 6.54 Å². The van der Waals surface area contributed by atoms with Crippen LogP contribution in [-0.2, 0) is 11.3 Å². The number of carbonyl (C=O) groups is 1. The molecule has 0 saturated heterocycles. The van der Waals surface area contributed by atoms with Gasteiger partial charge in [0.2, 0.25) is 0 Å². The van der Waals surface area contributed by atoms with Gasteiger partial charge in [0.15, 0.2) is 0 Å². The van der Waals surface area contributed by atoms with E-state index in [0.717, 1.165) is 12.8 Å². The van der Waals surface area contributed by atoms with Gasteiger partial charge in [-0.2, -0.15) is 5.10 Å². The van der Waals surface area contributed by atoms with E-state index in [4.69, 9.17) is 0 Å². The first-order valence-electron chi connectivity index (χ1n) is 4.94. The van der Waals surface area contributed by atoms with Gasteiger partial charge in [0, 0.05) is 0 Å². The number of hydrogen-bond acceptors (Lipinski definition) is 4. The SMILES string of the molecule is CNC(Cn1cncn1)(C(=O)O)C1CC1. The van der Waals surface area contributed by atoms with Gasteiger partial charge in [-0.3, -0.25) is 9.48 Å². The van der Waals surface area contributed by atoms with Crippen molar-refractivity contribution in [3.05, 3.63) is 12.7 Å². The van der Waals surface area contributed by atoms with Crippen molar-refractivity contribution in [3.63, 3.8) is 0 Å². The Morgan fingerprint density at radius 1 is 1.73 bits per heavy atom. The summed E-state index contributed by atoms with van der Waals surface area (Å²) < 4.78 is 1.56. The average molecular weight is 210 g/mol. The Morgan fingerprint density at radius 3 is 2.87 bits per heavy atom. The van der Waals surface area contributed by atoms with Crippen molar-refractivity contribution in [2.75, 3.05) is 7.05 Å². The average Bonchev–Trinajstić information content (AvgIpc) is 2.94. The number of carboxylic acids is 1. The fourth-order valence-electron chi connectivity index (χ4n) is 1.91. The van der Waals surface area contributed by atoms with Gasteiger partial charge in [-0.15, -0.1) is 0 Å². The molecule has 1 saturated carbocycles. The van der Waals surface area contributed by atoms with Crippen molar-refractivity contribution >= 4 is 5.97 Å². The highest BCUT2D eigenvalue weighted by atomic mass is 16.4. The number of aromatic nitrogens is 3. The van der Waals surface area contributed by atoms with Gasteiger partial charge in [0.05, 0.1) is 6.54 Å². The van der Waals surface area contributed by atoms with Crippen LogP contribution in [0.3, 0.4) is 0 Å². The summed E-state index contributed by atoms with van der Waals surface area (Å²) >= 11 is 0. The van der Waals surface area contributed by atoms with E-state index in [1.54, 1.807) is 11.7 Å². The first-order valence-corrected chi connectivity index (χ1v) is 4.94. The predicted octanol–water partition coefficient (Wildman–Crippen LogP) is -0.269. The molecule has 82 valence electrons. The van der Waals surface area contributed by atoms with Crippen LogP contribution in [0.5, 0.6) is 0 Å². The fourth-order valence-corrected chi connectivity index (χ4v) is 1.91. The summed E-state index contributed by atoms with van der Waals surface area (Å²) in [7, 11) is 1.68. The molecule has 6 nitrogen and oxygen atoms in total. The first-order chi connectivity index (χ1) is 7.19. The standard InChI is InChI=1S/C9H14N4O2/c1-10-9(8(14)15,7-2-3-7)4-13-6-11-5-12-13/h5-7,10H,2-4H2,1H3,(H,14,15). The molecule has 0 amide bonds. The van der Waals surface area contributed by atoms with Gasteiger partial charge >= 0.3 is 5.97 Å². The molecule has 1 aliphatic rings. The first kappa shape index (κ1) is 10.1. The molecule has 15 heavy (non-hydrogen) atoms. The number of nitrogens with one attached hydrogen (secondary N) is 1. The Labute approximate surface area is 87.3 Å². The zero-order chi connectivity index (χ0) is 10.9. The molecule has 2 N–H and O–H groups in total. The lowest BCUT2D eigenvalue weighted by molar-refractivity contribution is -0.146. The summed E-state index contributed by atoms with van der Waals surface area (Å²) in [6.45, 7) is 0.323. The number of carboxylic acid groups (broad SMARTS) is 1. The van der Waals surface area contributed by atoms with Crippen LogP contribution in [0.25, 0.3) is 0 Å². The van der Waals surface area contributed by atoms with Crippen LogP contribution in [-0.4, -0.2) is 38.4 Å². The molecular formula is C9H14N4O2. The molecule has 6 heteroatoms. The highest BCUT2D eigenvalue weighted by Crippen LogP contribution is 2.40. The van der Waals surface area contributed by atoms with E-state index in [1.807, 2.05) is 0 Å². The lowest BCUT2D eigenvalue weighted by atomic mass is 9.93. The van der Waals surface area contributed by atoms with Crippen molar-refractivity contribution in [1.29, 1.82) is 0 Å². The minimum atomic E-state index is -0.895. The highest BCUT2D eigenvalue weighted by molar-refractivity contribution is 5.79. The third-order valence-corrected chi connectivity index (χ3v) is 2.98. The molecule has 1 fully saturated rings. The summed E-state index contributed by atoms with van der Waals surface area (Å²) in [5.41, 5.74) is -0.895. The van der Waals surface area contributed by atoms with E-state index in [-0.39, 0.29) is 5.92 Å². The molecule has 1 aromatic rings. The summed E-state index contributed by atoms with van der Waals surface area (Å²) in [4.78, 5) is 15.1. The van der Waals surface area contributed by atoms with Crippen molar-refractivity contribution in [2.24, 2.45) is 5.92 Å². The molecule has 0 radical (unpaired) electrons. The van der Waals surface area contributed by atoms with Gasteiger partial charge in [-0.05, 0) is 25.8 Å². The minimum absolute atomic E-state index is 0.198. The molecule has 1 aromatic heterocycles. The minimum Gasteiger partial charge on any atom is -0.480 e.